The topological polar surface area (TPSA) is 41.5 Å². The first kappa shape index (κ1) is 14.4. The van der Waals surface area contributed by atoms with Gasteiger partial charge >= 0.3 is 0 Å². The minimum atomic E-state index is -0.105. The Morgan fingerprint density at radius 3 is 2.47 bits per heavy atom. The van der Waals surface area contributed by atoms with Gasteiger partial charge in [-0.2, -0.15) is 0 Å². The highest BCUT2D eigenvalue weighted by molar-refractivity contribution is 5.43. The summed E-state index contributed by atoms with van der Waals surface area (Å²) in [6, 6.07) is 4.34. The molecule has 0 heterocycles. The number of rotatable bonds is 5. The molecule has 1 aliphatic carbocycles. The van der Waals surface area contributed by atoms with Crippen LogP contribution in [0.25, 0.3) is 0 Å². The molecule has 19 heavy (non-hydrogen) atoms. The largest absolute Gasteiger partial charge is 0.496 e. The number of ether oxygens (including phenoxy) is 1. The molecule has 106 valence electrons. The van der Waals surface area contributed by atoms with Gasteiger partial charge < -0.3 is 15.2 Å². The Kier molecular flexibility index (Phi) is 4.83. The van der Waals surface area contributed by atoms with Gasteiger partial charge in [0.05, 0.1) is 13.2 Å². The van der Waals surface area contributed by atoms with Crippen LogP contribution in [-0.4, -0.2) is 24.9 Å². The van der Waals surface area contributed by atoms with Gasteiger partial charge in [-0.05, 0) is 49.3 Å². The Hall–Kier alpha value is -1.06. The van der Waals surface area contributed by atoms with Gasteiger partial charge in [0.25, 0.3) is 0 Å². The Bertz CT molecular complexity index is 408. The maximum atomic E-state index is 9.79. The molecule has 0 amide bonds. The van der Waals surface area contributed by atoms with Crippen molar-refractivity contribution in [1.82, 2.24) is 5.32 Å². The SMILES string of the molecule is COc1c(C)cc(CNCC2CCCC2O)cc1C. The number of aryl methyl sites for hydroxylation is 2. The van der Waals surface area contributed by atoms with Crippen molar-refractivity contribution in [3.63, 3.8) is 0 Å². The Labute approximate surface area is 116 Å². The van der Waals surface area contributed by atoms with Crippen LogP contribution in [0.3, 0.4) is 0 Å². The van der Waals surface area contributed by atoms with Crippen LogP contribution < -0.4 is 10.1 Å². The van der Waals surface area contributed by atoms with Crippen molar-refractivity contribution in [2.24, 2.45) is 5.92 Å². The monoisotopic (exact) mass is 263 g/mol. The zero-order chi connectivity index (χ0) is 13.8. The van der Waals surface area contributed by atoms with E-state index in [9.17, 15) is 5.11 Å². The lowest BCUT2D eigenvalue weighted by Crippen LogP contribution is -2.27. The number of methoxy groups -OCH3 is 1. The van der Waals surface area contributed by atoms with Crippen molar-refractivity contribution in [1.29, 1.82) is 0 Å². The molecule has 2 rings (SSSR count). The van der Waals surface area contributed by atoms with Gasteiger partial charge in [0.2, 0.25) is 0 Å². The second kappa shape index (κ2) is 6.40. The highest BCUT2D eigenvalue weighted by atomic mass is 16.5. The minimum absolute atomic E-state index is 0.105. The number of aliphatic hydroxyl groups excluding tert-OH is 1. The molecule has 3 heteroatoms. The highest BCUT2D eigenvalue weighted by Crippen LogP contribution is 2.26. The van der Waals surface area contributed by atoms with Crippen LogP contribution in [0.4, 0.5) is 0 Å². The highest BCUT2D eigenvalue weighted by Gasteiger charge is 2.24. The van der Waals surface area contributed by atoms with Gasteiger partial charge in [0.1, 0.15) is 5.75 Å². The summed E-state index contributed by atoms with van der Waals surface area (Å²) < 4.78 is 5.38. The van der Waals surface area contributed by atoms with Gasteiger partial charge in [-0.25, -0.2) is 0 Å². The second-order valence-electron chi connectivity index (χ2n) is 5.65. The van der Waals surface area contributed by atoms with Crippen LogP contribution in [0.15, 0.2) is 12.1 Å². The molecule has 2 unspecified atom stereocenters. The summed E-state index contributed by atoms with van der Waals surface area (Å²) in [6.07, 6.45) is 3.17. The third-order valence-corrected chi connectivity index (χ3v) is 4.08. The molecular weight excluding hydrogens is 238 g/mol. The molecule has 1 aromatic carbocycles. The van der Waals surface area contributed by atoms with Gasteiger partial charge in [-0.1, -0.05) is 18.6 Å². The molecule has 0 saturated heterocycles. The Morgan fingerprint density at radius 1 is 1.26 bits per heavy atom. The number of hydrogen-bond acceptors (Lipinski definition) is 3. The van der Waals surface area contributed by atoms with Crippen molar-refractivity contribution < 1.29 is 9.84 Å². The molecule has 1 saturated carbocycles. The molecule has 0 aromatic heterocycles. The second-order valence-corrected chi connectivity index (χ2v) is 5.65. The molecule has 1 aromatic rings. The number of benzene rings is 1. The molecule has 0 aliphatic heterocycles. The summed E-state index contributed by atoms with van der Waals surface area (Å²) in [4.78, 5) is 0. The van der Waals surface area contributed by atoms with E-state index in [4.69, 9.17) is 4.74 Å². The van der Waals surface area contributed by atoms with Crippen LogP contribution in [-0.2, 0) is 6.54 Å². The lowest BCUT2D eigenvalue weighted by atomic mass is 10.0. The first-order chi connectivity index (χ1) is 9.11. The average molecular weight is 263 g/mol. The lowest BCUT2D eigenvalue weighted by Gasteiger charge is -2.16. The van der Waals surface area contributed by atoms with E-state index in [1.807, 2.05) is 0 Å². The molecule has 1 fully saturated rings. The van der Waals surface area contributed by atoms with Crippen molar-refractivity contribution in [3.8, 4) is 5.75 Å². The van der Waals surface area contributed by atoms with Crippen molar-refractivity contribution in [2.45, 2.75) is 45.8 Å². The number of hydrogen-bond donors (Lipinski definition) is 2. The molecule has 0 radical (unpaired) electrons. The predicted molar refractivity (Wildman–Crippen MR) is 77.5 cm³/mol. The third-order valence-electron chi connectivity index (χ3n) is 4.08. The van der Waals surface area contributed by atoms with Crippen LogP contribution in [0, 0.1) is 19.8 Å². The Morgan fingerprint density at radius 2 is 1.95 bits per heavy atom. The fourth-order valence-electron chi connectivity index (χ4n) is 3.12. The minimum Gasteiger partial charge on any atom is -0.496 e. The molecule has 0 bridgehead atoms. The van der Waals surface area contributed by atoms with E-state index >= 15 is 0 Å². The van der Waals surface area contributed by atoms with Gasteiger partial charge in [-0.3, -0.25) is 0 Å². The summed E-state index contributed by atoms with van der Waals surface area (Å²) in [5, 5.41) is 13.3. The summed E-state index contributed by atoms with van der Waals surface area (Å²) in [5.41, 5.74) is 3.64. The quantitative estimate of drug-likeness (QED) is 0.858. The normalized spacial score (nSPS) is 22.7. The molecule has 2 atom stereocenters. The lowest BCUT2D eigenvalue weighted by molar-refractivity contribution is 0.131. The van der Waals surface area contributed by atoms with E-state index < -0.39 is 0 Å². The summed E-state index contributed by atoms with van der Waals surface area (Å²) in [5.74, 6) is 1.41. The van der Waals surface area contributed by atoms with Crippen molar-refractivity contribution in [3.05, 3.63) is 28.8 Å². The van der Waals surface area contributed by atoms with Crippen LogP contribution in [0.2, 0.25) is 0 Å². The van der Waals surface area contributed by atoms with Gasteiger partial charge in [0.15, 0.2) is 0 Å². The Balaban J connectivity index is 1.89. The van der Waals surface area contributed by atoms with Gasteiger partial charge in [0, 0.05) is 13.1 Å². The van der Waals surface area contributed by atoms with Crippen LogP contribution in [0.1, 0.15) is 36.0 Å². The molecule has 0 spiro atoms. The summed E-state index contributed by atoms with van der Waals surface area (Å²) in [7, 11) is 1.72. The average Bonchev–Trinajstić information content (AvgIpc) is 2.75. The van der Waals surface area contributed by atoms with Crippen molar-refractivity contribution >= 4 is 0 Å². The molecular formula is C16H25NO2. The number of nitrogens with one attached hydrogen (secondary N) is 1. The van der Waals surface area contributed by atoms with Crippen LogP contribution >= 0.6 is 0 Å². The maximum Gasteiger partial charge on any atom is 0.124 e. The van der Waals surface area contributed by atoms with E-state index in [1.54, 1.807) is 7.11 Å². The van der Waals surface area contributed by atoms with E-state index in [0.717, 1.165) is 38.1 Å². The summed E-state index contributed by atoms with van der Waals surface area (Å²) in [6.45, 7) is 5.92. The zero-order valence-electron chi connectivity index (χ0n) is 12.2. The predicted octanol–water partition coefficient (Wildman–Crippen LogP) is 2.56. The van der Waals surface area contributed by atoms with E-state index in [1.165, 1.54) is 16.7 Å². The maximum absolute atomic E-state index is 9.79. The molecule has 2 N–H and O–H groups in total. The fraction of sp³-hybridized carbons (Fsp3) is 0.625. The zero-order valence-corrected chi connectivity index (χ0v) is 12.2. The molecule has 1 aliphatic rings. The number of aliphatic hydroxyl groups is 1. The fourth-order valence-corrected chi connectivity index (χ4v) is 3.12. The van der Waals surface area contributed by atoms with Crippen molar-refractivity contribution in [2.75, 3.05) is 13.7 Å². The third kappa shape index (κ3) is 3.48. The first-order valence-corrected chi connectivity index (χ1v) is 7.14. The van der Waals surface area contributed by atoms with Crippen LogP contribution in [0.5, 0.6) is 5.75 Å². The van der Waals surface area contributed by atoms with Gasteiger partial charge in [-0.15, -0.1) is 0 Å². The van der Waals surface area contributed by atoms with E-state index in [0.29, 0.717) is 5.92 Å². The smallest absolute Gasteiger partial charge is 0.124 e. The standard InChI is InChI=1S/C16H25NO2/c1-11-7-13(8-12(2)16(11)19-3)9-17-10-14-5-4-6-15(14)18/h7-8,14-15,17-18H,4-6,9-10H2,1-3H3. The first-order valence-electron chi connectivity index (χ1n) is 7.14. The van der Waals surface area contributed by atoms with E-state index in [-0.39, 0.29) is 6.10 Å². The molecule has 3 nitrogen and oxygen atoms in total. The summed E-state index contributed by atoms with van der Waals surface area (Å²) >= 11 is 0. The van der Waals surface area contributed by atoms with E-state index in [2.05, 4.69) is 31.3 Å².